The maximum absolute atomic E-state index is 11.6. The zero-order valence-electron chi connectivity index (χ0n) is 14.8. The molecule has 0 aromatic carbocycles. The molecule has 1 aliphatic heterocycles. The molecule has 0 aromatic heterocycles. The molecule has 0 bridgehead atoms. The molecule has 7 atom stereocenters. The largest absolute Gasteiger partial charge is 0.462 e. The van der Waals surface area contributed by atoms with Gasteiger partial charge in [0.25, 0.3) is 0 Å². The highest BCUT2D eigenvalue weighted by Gasteiger charge is 2.58. The number of carbonyl (C=O) groups is 1. The van der Waals surface area contributed by atoms with Crippen molar-refractivity contribution in [3.8, 4) is 0 Å². The molecule has 2 fully saturated rings. The van der Waals surface area contributed by atoms with Crippen molar-refractivity contribution in [1.82, 2.24) is 0 Å². The second kappa shape index (κ2) is 6.99. The number of aliphatic hydroxyl groups is 1. The summed E-state index contributed by atoms with van der Waals surface area (Å²) < 4.78 is 12.0. The van der Waals surface area contributed by atoms with Crippen LogP contribution in [0.25, 0.3) is 0 Å². The molecule has 1 heterocycles. The molecule has 0 amide bonds. The highest BCUT2D eigenvalue weighted by molar-refractivity contribution is 9.09. The highest BCUT2D eigenvalue weighted by Crippen LogP contribution is 2.51. The maximum atomic E-state index is 11.6. The molecule has 2 rings (SSSR count). The first-order valence-electron chi connectivity index (χ1n) is 8.32. The molecule has 1 saturated carbocycles. The van der Waals surface area contributed by atoms with Crippen molar-refractivity contribution in [3.63, 3.8) is 0 Å². The number of hydrogen-bond donors (Lipinski definition) is 1. The summed E-state index contributed by atoms with van der Waals surface area (Å²) in [4.78, 5) is 11.2. The number of hydrogen-bond acceptors (Lipinski definition) is 4. The second-order valence-corrected chi connectivity index (χ2v) is 11.1. The molecular weight excluding hydrogens is 463 g/mol. The van der Waals surface area contributed by atoms with Crippen LogP contribution in [0.15, 0.2) is 0 Å². The Kier molecular flexibility index (Phi) is 6.10. The zero-order valence-corrected chi connectivity index (χ0v) is 18.7. The Morgan fingerprint density at radius 1 is 1.21 bits per heavy atom. The molecule has 1 saturated heterocycles. The number of aliphatic hydroxyl groups excluding tert-OH is 1. The Balaban J connectivity index is 2.36. The fourth-order valence-electron chi connectivity index (χ4n) is 3.96. The van der Waals surface area contributed by atoms with Crippen LogP contribution in [0.3, 0.4) is 0 Å². The quantitative estimate of drug-likeness (QED) is 0.466. The minimum atomic E-state index is -0.812. The fourth-order valence-corrected chi connectivity index (χ4v) is 5.24. The van der Waals surface area contributed by atoms with Crippen molar-refractivity contribution in [1.29, 1.82) is 0 Å². The number of halogens is 3. The molecule has 0 radical (unpaired) electrons. The molecule has 0 unspecified atom stereocenters. The Labute approximate surface area is 166 Å². The summed E-state index contributed by atoms with van der Waals surface area (Å²) in [7, 11) is 0. The van der Waals surface area contributed by atoms with Crippen molar-refractivity contribution in [2.24, 2.45) is 5.92 Å². The number of esters is 1. The second-order valence-electron chi connectivity index (χ2n) is 8.05. The third-order valence-corrected chi connectivity index (χ3v) is 9.09. The van der Waals surface area contributed by atoms with E-state index < -0.39 is 22.2 Å². The molecule has 7 heteroatoms. The minimum Gasteiger partial charge on any atom is -0.462 e. The van der Waals surface area contributed by atoms with Crippen LogP contribution >= 0.6 is 43.5 Å². The van der Waals surface area contributed by atoms with Crippen LogP contribution in [0.5, 0.6) is 0 Å². The summed E-state index contributed by atoms with van der Waals surface area (Å²) in [6.07, 6.45) is 0.712. The van der Waals surface area contributed by atoms with E-state index in [2.05, 4.69) is 31.9 Å². The summed E-state index contributed by atoms with van der Waals surface area (Å²) in [5, 5.41) is 10.8. The van der Waals surface area contributed by atoms with Gasteiger partial charge in [0.1, 0.15) is 6.10 Å². The van der Waals surface area contributed by atoms with Crippen LogP contribution in [0, 0.1) is 5.92 Å². The Hall–Kier alpha value is 0.640. The van der Waals surface area contributed by atoms with Gasteiger partial charge >= 0.3 is 5.97 Å². The first-order valence-corrected chi connectivity index (χ1v) is 10.5. The van der Waals surface area contributed by atoms with E-state index in [-0.39, 0.29) is 27.6 Å². The topological polar surface area (TPSA) is 55.8 Å². The van der Waals surface area contributed by atoms with E-state index in [1.165, 1.54) is 6.92 Å². The predicted molar refractivity (Wildman–Crippen MR) is 102 cm³/mol. The first-order chi connectivity index (χ1) is 10.8. The fraction of sp³-hybridized carbons (Fsp3) is 0.941. The summed E-state index contributed by atoms with van der Waals surface area (Å²) in [6.45, 7) is 9.30. The molecule has 140 valence electrons. The molecule has 0 aromatic rings. The zero-order chi connectivity index (χ0) is 18.5. The van der Waals surface area contributed by atoms with Gasteiger partial charge in [-0.2, -0.15) is 0 Å². The lowest BCUT2D eigenvalue weighted by atomic mass is 9.67. The highest BCUT2D eigenvalue weighted by atomic mass is 79.9. The van der Waals surface area contributed by atoms with E-state index >= 15 is 0 Å². The Bertz CT molecular complexity index is 499. The molecule has 2 aliphatic rings. The van der Waals surface area contributed by atoms with Crippen LogP contribution in [-0.4, -0.2) is 49.0 Å². The van der Waals surface area contributed by atoms with E-state index in [0.717, 1.165) is 0 Å². The summed E-state index contributed by atoms with van der Waals surface area (Å²) in [5.41, 5.74) is -1.24. The van der Waals surface area contributed by atoms with Gasteiger partial charge in [0.15, 0.2) is 0 Å². The summed E-state index contributed by atoms with van der Waals surface area (Å²) in [5.74, 6) is -0.483. The van der Waals surface area contributed by atoms with Crippen molar-refractivity contribution >= 4 is 49.4 Å². The molecule has 24 heavy (non-hydrogen) atoms. The van der Waals surface area contributed by atoms with E-state index in [0.29, 0.717) is 19.3 Å². The lowest BCUT2D eigenvalue weighted by Gasteiger charge is -2.56. The smallest absolute Gasteiger partial charge is 0.302 e. The average Bonchev–Trinajstić information content (AvgIpc) is 2.39. The van der Waals surface area contributed by atoms with Gasteiger partial charge in [-0.3, -0.25) is 4.79 Å². The van der Waals surface area contributed by atoms with Crippen molar-refractivity contribution in [2.45, 2.75) is 91.8 Å². The van der Waals surface area contributed by atoms with Gasteiger partial charge in [-0.05, 0) is 40.5 Å². The molecule has 4 nitrogen and oxygen atoms in total. The predicted octanol–water partition coefficient (Wildman–Crippen LogP) is 4.17. The molecular formula is C17H27Br2ClO4. The molecule has 1 N–H and O–H groups in total. The Morgan fingerprint density at radius 3 is 2.33 bits per heavy atom. The van der Waals surface area contributed by atoms with Gasteiger partial charge in [0.2, 0.25) is 0 Å². The van der Waals surface area contributed by atoms with Crippen LogP contribution in [0.2, 0.25) is 0 Å². The van der Waals surface area contributed by atoms with E-state index in [1.807, 2.05) is 27.7 Å². The van der Waals surface area contributed by atoms with Gasteiger partial charge in [-0.25, -0.2) is 0 Å². The van der Waals surface area contributed by atoms with Crippen molar-refractivity contribution in [2.75, 3.05) is 0 Å². The average molecular weight is 491 g/mol. The Morgan fingerprint density at radius 2 is 1.79 bits per heavy atom. The number of alkyl halides is 3. The van der Waals surface area contributed by atoms with Gasteiger partial charge in [0, 0.05) is 28.9 Å². The summed E-state index contributed by atoms with van der Waals surface area (Å²) >= 11 is 13.9. The van der Waals surface area contributed by atoms with E-state index in [4.69, 9.17) is 21.1 Å². The van der Waals surface area contributed by atoms with Crippen LogP contribution in [-0.2, 0) is 14.3 Å². The van der Waals surface area contributed by atoms with Gasteiger partial charge in [-0.15, -0.1) is 11.6 Å². The lowest BCUT2D eigenvalue weighted by Crippen LogP contribution is -2.65. The van der Waals surface area contributed by atoms with E-state index in [1.54, 1.807) is 0 Å². The SMILES string of the molecule is CC(=O)O[C@@H]1C[C@@](C)(Cl)[C@H](Br)C[C@@H]1[C@]1(C)OC(C)(C)[C@@H](Br)C[C@@H]1O. The van der Waals surface area contributed by atoms with Crippen molar-refractivity contribution < 1.29 is 19.4 Å². The van der Waals surface area contributed by atoms with Gasteiger partial charge in [0.05, 0.1) is 22.2 Å². The number of ether oxygens (including phenoxy) is 2. The normalized spacial score (nSPS) is 48.8. The van der Waals surface area contributed by atoms with Crippen LogP contribution < -0.4 is 0 Å². The number of carbonyl (C=O) groups excluding carboxylic acids is 1. The first kappa shape index (κ1) is 20.9. The molecule has 0 spiro atoms. The summed E-state index contributed by atoms with van der Waals surface area (Å²) in [6, 6.07) is 0. The molecule has 1 aliphatic carbocycles. The van der Waals surface area contributed by atoms with E-state index in [9.17, 15) is 9.90 Å². The standard InChI is InChI=1S/C17H27Br2ClO4/c1-9(21)23-11-8-16(4,20)13(19)6-10(11)17(5)14(22)7-12(18)15(2,3)24-17/h10-14,22H,6-8H2,1-5H3/t10-,11+,12-,13+,14-,16+,17-/m0/s1. The van der Waals surface area contributed by atoms with Gasteiger partial charge < -0.3 is 14.6 Å². The minimum absolute atomic E-state index is 0.0425. The van der Waals surface area contributed by atoms with Gasteiger partial charge in [-0.1, -0.05) is 31.9 Å². The lowest BCUT2D eigenvalue weighted by molar-refractivity contribution is -0.253. The van der Waals surface area contributed by atoms with Crippen LogP contribution in [0.1, 0.15) is 53.9 Å². The van der Waals surface area contributed by atoms with Crippen LogP contribution in [0.4, 0.5) is 0 Å². The monoisotopic (exact) mass is 488 g/mol. The maximum Gasteiger partial charge on any atom is 0.302 e. The number of rotatable bonds is 2. The third-order valence-electron chi connectivity index (χ3n) is 5.55. The third kappa shape index (κ3) is 3.98. The van der Waals surface area contributed by atoms with Crippen molar-refractivity contribution in [3.05, 3.63) is 0 Å².